The van der Waals surface area contributed by atoms with Crippen LogP contribution in [0.15, 0.2) is 0 Å². The SMILES string of the molecule is COCCCCCCCCCCCCCCCCNCCOCCOCCOCCOCCOCCOCCOCCOCCOCCOCCOCCOCCOCCOCCOCCOCCOCCOCCOCCOCCOCCOCCOCCOCCC(=O)O. The van der Waals surface area contributed by atoms with Crippen LogP contribution >= 0.6 is 0 Å². The lowest BCUT2D eigenvalue weighted by Gasteiger charge is -2.09. The molecule has 0 aromatic carbocycles. The third-order valence-electron chi connectivity index (χ3n) is 13.4. The van der Waals surface area contributed by atoms with Gasteiger partial charge in [0.05, 0.1) is 324 Å². The number of methoxy groups -OCH3 is 1. The minimum absolute atomic E-state index is 0.00972. The van der Waals surface area contributed by atoms with E-state index >= 15 is 0 Å². The first-order valence-corrected chi connectivity index (χ1v) is 36.0. The fourth-order valence-electron chi connectivity index (χ4n) is 8.21. The van der Waals surface area contributed by atoms with Crippen LogP contribution in [0, 0.1) is 0 Å². The highest BCUT2D eigenvalue weighted by Crippen LogP contribution is 2.13. The zero-order chi connectivity index (χ0) is 68.6. The summed E-state index contributed by atoms with van der Waals surface area (Å²) in [5, 5.41) is 12.0. The van der Waals surface area contributed by atoms with Crippen molar-refractivity contribution in [2.24, 2.45) is 0 Å². The zero-order valence-corrected chi connectivity index (χ0v) is 59.7. The van der Waals surface area contributed by atoms with E-state index < -0.39 is 5.97 Å². The molecular weight excluding hydrogens is 1260 g/mol. The van der Waals surface area contributed by atoms with Gasteiger partial charge in [0.1, 0.15) is 0 Å². The van der Waals surface area contributed by atoms with E-state index in [-0.39, 0.29) is 13.0 Å². The predicted molar refractivity (Wildman–Crippen MR) is 361 cm³/mol. The molecule has 576 valence electrons. The molecule has 0 spiro atoms. The van der Waals surface area contributed by atoms with Crippen LogP contribution in [0.5, 0.6) is 0 Å². The number of nitrogens with one attached hydrogen (secondary N) is 1. The molecule has 28 nitrogen and oxygen atoms in total. The molecule has 0 fully saturated rings. The van der Waals surface area contributed by atoms with E-state index in [9.17, 15) is 4.79 Å². The molecule has 0 aliphatic carbocycles. The van der Waals surface area contributed by atoms with Crippen molar-refractivity contribution in [1.82, 2.24) is 5.32 Å². The molecule has 0 aromatic heterocycles. The number of hydrogen-bond donors (Lipinski definition) is 2. The lowest BCUT2D eigenvalue weighted by molar-refractivity contribution is -0.138. The highest BCUT2D eigenvalue weighted by atomic mass is 16.6. The summed E-state index contributed by atoms with van der Waals surface area (Å²) < 4.78 is 137. The molecule has 0 radical (unpaired) electrons. The van der Waals surface area contributed by atoms with Crippen molar-refractivity contribution in [3.63, 3.8) is 0 Å². The molecule has 2 N–H and O–H groups in total. The van der Waals surface area contributed by atoms with Crippen molar-refractivity contribution < 1.29 is 128 Å². The Morgan fingerprint density at radius 1 is 0.188 bits per heavy atom. The smallest absolute Gasteiger partial charge is 0.305 e. The molecule has 0 saturated carbocycles. The van der Waals surface area contributed by atoms with Gasteiger partial charge in [0.2, 0.25) is 0 Å². The Hall–Kier alpha value is -1.57. The van der Waals surface area contributed by atoms with Gasteiger partial charge in [-0.3, -0.25) is 4.79 Å². The summed E-state index contributed by atoms with van der Waals surface area (Å²) in [5.41, 5.74) is 0. The summed E-state index contributed by atoms with van der Waals surface area (Å²) in [5.74, 6) is -0.879. The van der Waals surface area contributed by atoms with E-state index in [1.165, 1.54) is 89.9 Å². The van der Waals surface area contributed by atoms with Gasteiger partial charge in [-0.25, -0.2) is 0 Å². The van der Waals surface area contributed by atoms with Gasteiger partial charge in [0.15, 0.2) is 0 Å². The molecule has 0 saturated heterocycles. The molecule has 0 amide bonds. The maximum atomic E-state index is 10.4. The van der Waals surface area contributed by atoms with Crippen molar-refractivity contribution in [2.75, 3.05) is 344 Å². The fraction of sp³-hybridized carbons (Fsp3) is 0.985. The van der Waals surface area contributed by atoms with E-state index in [2.05, 4.69) is 5.32 Å². The highest BCUT2D eigenvalue weighted by molar-refractivity contribution is 5.66. The minimum atomic E-state index is -0.879. The lowest BCUT2D eigenvalue weighted by Crippen LogP contribution is -2.22. The van der Waals surface area contributed by atoms with Crippen LogP contribution in [-0.2, 0) is 123 Å². The number of aliphatic carboxylic acids is 1. The summed E-state index contributed by atoms with van der Waals surface area (Å²) in [6.07, 6.45) is 19.0. The molecule has 0 heterocycles. The average molecular weight is 1400 g/mol. The van der Waals surface area contributed by atoms with Gasteiger partial charge in [-0.2, -0.15) is 0 Å². The van der Waals surface area contributed by atoms with Crippen LogP contribution < -0.4 is 5.32 Å². The van der Waals surface area contributed by atoms with Gasteiger partial charge < -0.3 is 129 Å². The van der Waals surface area contributed by atoms with E-state index in [1.54, 1.807) is 7.11 Å². The molecule has 0 aromatic rings. The monoisotopic (exact) mass is 1400 g/mol. The van der Waals surface area contributed by atoms with Gasteiger partial charge in [-0.15, -0.1) is 0 Å². The van der Waals surface area contributed by atoms with Crippen molar-refractivity contribution in [1.29, 1.82) is 0 Å². The van der Waals surface area contributed by atoms with Crippen LogP contribution in [0.25, 0.3) is 0 Å². The number of hydrogen-bond acceptors (Lipinski definition) is 27. The van der Waals surface area contributed by atoms with Crippen LogP contribution in [0.4, 0.5) is 0 Å². The van der Waals surface area contributed by atoms with Gasteiger partial charge in [0, 0.05) is 20.3 Å². The first-order chi connectivity index (χ1) is 47.8. The van der Waals surface area contributed by atoms with Crippen LogP contribution in [0.3, 0.4) is 0 Å². The number of ether oxygens (including phenoxy) is 25. The largest absolute Gasteiger partial charge is 0.481 e. The second kappa shape index (κ2) is 91.4. The molecule has 0 atom stereocenters. The maximum absolute atomic E-state index is 10.4. The normalized spacial score (nSPS) is 11.8. The Labute approximate surface area is 578 Å². The third-order valence-corrected chi connectivity index (χ3v) is 13.4. The van der Waals surface area contributed by atoms with Crippen molar-refractivity contribution in [3.8, 4) is 0 Å². The molecule has 28 heteroatoms. The number of carbonyl (C=O) groups is 1. The fourth-order valence-corrected chi connectivity index (χ4v) is 8.21. The summed E-state index contributed by atoms with van der Waals surface area (Å²) in [7, 11) is 1.79. The van der Waals surface area contributed by atoms with Crippen LogP contribution in [0.2, 0.25) is 0 Å². The Kier molecular flexibility index (Phi) is 89.9. The lowest BCUT2D eigenvalue weighted by atomic mass is 10.0. The second-order valence-corrected chi connectivity index (χ2v) is 21.5. The molecule has 96 heavy (non-hydrogen) atoms. The summed E-state index contributed by atoms with van der Waals surface area (Å²) in [6, 6.07) is 0. The van der Waals surface area contributed by atoms with Crippen molar-refractivity contribution in [3.05, 3.63) is 0 Å². The highest BCUT2D eigenvalue weighted by Gasteiger charge is 2.03. The van der Waals surface area contributed by atoms with Gasteiger partial charge in [-0.05, 0) is 19.4 Å². The quantitative estimate of drug-likeness (QED) is 0.0705. The molecule has 0 aliphatic heterocycles. The zero-order valence-electron chi connectivity index (χ0n) is 59.7. The predicted octanol–water partition coefficient (Wildman–Crippen LogP) is 5.56. The van der Waals surface area contributed by atoms with Gasteiger partial charge in [-0.1, -0.05) is 77.0 Å². The number of unbranched alkanes of at least 4 members (excludes halogenated alkanes) is 13. The van der Waals surface area contributed by atoms with E-state index in [4.69, 9.17) is 124 Å². The molecular formula is C68H137NO27. The first-order valence-electron chi connectivity index (χ1n) is 36.0. The van der Waals surface area contributed by atoms with Gasteiger partial charge in [0.25, 0.3) is 0 Å². The molecule has 0 aliphatic rings. The topological polar surface area (TPSA) is 280 Å². The average Bonchev–Trinajstić information content (AvgIpc) is 3.60. The number of rotatable bonds is 92. The summed E-state index contributed by atoms with van der Waals surface area (Å²) in [6.45, 7) is 26.1. The van der Waals surface area contributed by atoms with E-state index in [0.29, 0.717) is 311 Å². The summed E-state index contributed by atoms with van der Waals surface area (Å²) >= 11 is 0. The second-order valence-electron chi connectivity index (χ2n) is 21.5. The Morgan fingerprint density at radius 2 is 0.333 bits per heavy atom. The van der Waals surface area contributed by atoms with Gasteiger partial charge >= 0.3 is 5.97 Å². The molecule has 0 unspecified atom stereocenters. The van der Waals surface area contributed by atoms with E-state index in [1.807, 2.05) is 0 Å². The first kappa shape index (κ1) is 94.4. The molecule has 0 rings (SSSR count). The van der Waals surface area contributed by atoms with Crippen LogP contribution in [0.1, 0.15) is 96.3 Å². The number of carboxylic acids is 1. The van der Waals surface area contributed by atoms with Crippen molar-refractivity contribution >= 4 is 5.97 Å². The standard InChI is InChI=1S/C68H137NO27/c1-72-19-15-13-11-9-7-5-3-2-4-6-8-10-12-14-17-69-18-21-74-23-25-76-27-29-78-31-33-80-35-37-82-39-41-84-43-45-86-47-49-88-51-53-90-55-57-92-59-61-94-63-65-96-67-66-95-64-62-93-60-58-91-56-54-89-52-50-87-48-46-85-44-42-83-40-38-81-36-34-79-32-30-77-28-26-75-24-22-73-20-16-68(70)71/h69H,2-67H2,1H3,(H,70,71). The Morgan fingerprint density at radius 3 is 0.500 bits per heavy atom. The van der Waals surface area contributed by atoms with E-state index in [0.717, 1.165) is 19.7 Å². The number of carboxylic acid groups (broad SMARTS) is 1. The Balaban J connectivity index is 3.09. The minimum Gasteiger partial charge on any atom is -0.481 e. The maximum Gasteiger partial charge on any atom is 0.305 e. The Bertz CT molecular complexity index is 1380. The third kappa shape index (κ3) is 92.4. The molecule has 0 bridgehead atoms. The van der Waals surface area contributed by atoms with Crippen molar-refractivity contribution in [2.45, 2.75) is 96.3 Å². The van der Waals surface area contributed by atoms with Crippen LogP contribution in [-0.4, -0.2) is 355 Å². The summed E-state index contributed by atoms with van der Waals surface area (Å²) in [4.78, 5) is 10.4.